The zero-order valence-corrected chi connectivity index (χ0v) is 18.1. The molecule has 0 radical (unpaired) electrons. The van der Waals surface area contributed by atoms with Gasteiger partial charge in [0.15, 0.2) is 0 Å². The zero-order chi connectivity index (χ0) is 20.8. The van der Waals surface area contributed by atoms with Crippen molar-refractivity contribution in [1.29, 1.82) is 0 Å². The lowest BCUT2D eigenvalue weighted by Gasteiger charge is -2.34. The summed E-state index contributed by atoms with van der Waals surface area (Å²) in [6, 6.07) is 7.53. The van der Waals surface area contributed by atoms with Crippen LogP contribution in [0, 0.1) is 12.8 Å². The molecule has 0 unspecified atom stereocenters. The highest BCUT2D eigenvalue weighted by atomic mass is 32.1. The fourth-order valence-corrected chi connectivity index (χ4v) is 3.70. The van der Waals surface area contributed by atoms with E-state index in [9.17, 15) is 9.59 Å². The predicted molar refractivity (Wildman–Crippen MR) is 116 cm³/mol. The number of aryl methyl sites for hydroxylation is 1. The number of anilines is 1. The molecule has 0 saturated carbocycles. The number of piperazine rings is 1. The molecule has 0 bridgehead atoms. The molecule has 2 heterocycles. The largest absolute Gasteiger partial charge is 0.334 e. The lowest BCUT2D eigenvalue weighted by atomic mass is 10.1. The van der Waals surface area contributed by atoms with Crippen molar-refractivity contribution in [2.75, 3.05) is 31.5 Å². The van der Waals surface area contributed by atoms with E-state index >= 15 is 0 Å². The average Bonchev–Trinajstić information content (AvgIpc) is 3.12. The molecule has 2 aromatic rings. The third kappa shape index (κ3) is 6.27. The summed E-state index contributed by atoms with van der Waals surface area (Å²) in [6.45, 7) is 10.2. The fourth-order valence-electron chi connectivity index (χ4n) is 3.10. The first-order valence-electron chi connectivity index (χ1n) is 9.96. The maximum absolute atomic E-state index is 12.5. The summed E-state index contributed by atoms with van der Waals surface area (Å²) in [5, 5.41) is 9.05. The van der Waals surface area contributed by atoms with Crippen molar-refractivity contribution in [2.45, 2.75) is 33.9 Å². The van der Waals surface area contributed by atoms with Crippen molar-refractivity contribution in [3.8, 4) is 0 Å². The third-order valence-corrected chi connectivity index (χ3v) is 5.72. The van der Waals surface area contributed by atoms with Crippen LogP contribution in [0.5, 0.6) is 0 Å². The predicted octanol–water partition coefficient (Wildman–Crippen LogP) is 3.07. The molecule has 29 heavy (non-hydrogen) atoms. The summed E-state index contributed by atoms with van der Waals surface area (Å²) in [5.74, 6) is -0.0600. The quantitative estimate of drug-likeness (QED) is 0.760. The number of benzene rings is 1. The van der Waals surface area contributed by atoms with Gasteiger partial charge in [-0.05, 0) is 24.6 Å². The summed E-state index contributed by atoms with van der Waals surface area (Å²) in [4.78, 5) is 32.9. The lowest BCUT2D eigenvalue weighted by molar-refractivity contribution is -0.118. The molecule has 156 valence electrons. The van der Waals surface area contributed by atoms with Crippen LogP contribution in [0.25, 0.3) is 0 Å². The van der Waals surface area contributed by atoms with E-state index in [4.69, 9.17) is 0 Å². The number of urea groups is 1. The van der Waals surface area contributed by atoms with Crippen LogP contribution in [0.4, 0.5) is 10.5 Å². The number of rotatable bonds is 6. The maximum atomic E-state index is 12.5. The summed E-state index contributed by atoms with van der Waals surface area (Å²) in [6.07, 6.45) is 0. The second kappa shape index (κ2) is 9.84. The molecule has 3 amide bonds. The van der Waals surface area contributed by atoms with Crippen molar-refractivity contribution >= 4 is 29.0 Å². The number of carbonyl (C=O) groups excluding carboxylic acids is 2. The molecule has 1 aliphatic heterocycles. The Hall–Kier alpha value is -2.45. The molecule has 1 fully saturated rings. The molecule has 1 saturated heterocycles. The van der Waals surface area contributed by atoms with Gasteiger partial charge in [-0.25, -0.2) is 9.78 Å². The SMILES string of the molecule is Cc1nc(CN2CCN(C(=O)NCc3ccc(NC(=O)C(C)C)cc3)CC2)cs1. The summed E-state index contributed by atoms with van der Waals surface area (Å²) >= 11 is 1.67. The van der Waals surface area contributed by atoms with Gasteiger partial charge in [0.2, 0.25) is 5.91 Å². The molecular weight excluding hydrogens is 386 g/mol. The van der Waals surface area contributed by atoms with E-state index in [0.29, 0.717) is 6.54 Å². The number of hydrogen-bond acceptors (Lipinski definition) is 5. The minimum Gasteiger partial charge on any atom is -0.334 e. The first-order valence-corrected chi connectivity index (χ1v) is 10.8. The number of nitrogens with zero attached hydrogens (tertiary/aromatic N) is 3. The van der Waals surface area contributed by atoms with Crippen LogP contribution in [0.15, 0.2) is 29.6 Å². The Kier molecular flexibility index (Phi) is 7.22. The second-order valence-electron chi connectivity index (χ2n) is 7.62. The summed E-state index contributed by atoms with van der Waals surface area (Å²) in [5.41, 5.74) is 2.88. The molecule has 1 aliphatic rings. The van der Waals surface area contributed by atoms with E-state index in [-0.39, 0.29) is 17.9 Å². The van der Waals surface area contributed by atoms with Gasteiger partial charge in [-0.15, -0.1) is 11.3 Å². The number of carbonyl (C=O) groups is 2. The molecule has 1 aromatic heterocycles. The van der Waals surface area contributed by atoms with E-state index in [1.54, 1.807) is 11.3 Å². The van der Waals surface area contributed by atoms with E-state index < -0.39 is 0 Å². The molecule has 3 rings (SSSR count). The zero-order valence-electron chi connectivity index (χ0n) is 17.3. The Balaban J connectivity index is 1.40. The van der Waals surface area contributed by atoms with E-state index in [0.717, 1.165) is 54.7 Å². The van der Waals surface area contributed by atoms with Gasteiger partial charge in [-0.2, -0.15) is 0 Å². The number of amides is 3. The fraction of sp³-hybridized carbons (Fsp3) is 0.476. The van der Waals surface area contributed by atoms with Crippen LogP contribution in [0.1, 0.15) is 30.1 Å². The first-order chi connectivity index (χ1) is 13.9. The van der Waals surface area contributed by atoms with E-state index in [1.807, 2.05) is 49.9 Å². The molecule has 0 atom stereocenters. The van der Waals surface area contributed by atoms with Gasteiger partial charge >= 0.3 is 6.03 Å². The molecule has 1 aromatic carbocycles. The first kappa shape index (κ1) is 21.3. The van der Waals surface area contributed by atoms with Crippen molar-refractivity contribution < 1.29 is 9.59 Å². The molecule has 0 aliphatic carbocycles. The number of thiazole rings is 1. The normalized spacial score (nSPS) is 14.8. The maximum Gasteiger partial charge on any atom is 0.317 e. The molecule has 8 heteroatoms. The smallest absolute Gasteiger partial charge is 0.317 e. The average molecular weight is 416 g/mol. The highest BCUT2D eigenvalue weighted by Crippen LogP contribution is 2.13. The summed E-state index contributed by atoms with van der Waals surface area (Å²) < 4.78 is 0. The topological polar surface area (TPSA) is 77.6 Å². The Morgan fingerprint density at radius 1 is 1.14 bits per heavy atom. The second-order valence-corrected chi connectivity index (χ2v) is 8.68. The van der Waals surface area contributed by atoms with Gasteiger partial charge < -0.3 is 15.5 Å². The van der Waals surface area contributed by atoms with Gasteiger partial charge in [0.05, 0.1) is 10.7 Å². The van der Waals surface area contributed by atoms with Crippen molar-refractivity contribution in [3.05, 3.63) is 45.9 Å². The minimum absolute atomic E-state index is 0.00453. The van der Waals surface area contributed by atoms with Gasteiger partial charge in [0, 0.05) is 56.3 Å². The highest BCUT2D eigenvalue weighted by molar-refractivity contribution is 7.09. The molecule has 7 nitrogen and oxygen atoms in total. The van der Waals surface area contributed by atoms with Crippen LogP contribution in [-0.2, 0) is 17.9 Å². The highest BCUT2D eigenvalue weighted by Gasteiger charge is 2.21. The molecule has 2 N–H and O–H groups in total. The van der Waals surface area contributed by atoms with E-state index in [1.165, 1.54) is 0 Å². The minimum atomic E-state index is -0.0555. The summed E-state index contributed by atoms with van der Waals surface area (Å²) in [7, 11) is 0. The van der Waals surface area contributed by atoms with Crippen LogP contribution in [0.3, 0.4) is 0 Å². The Labute approximate surface area is 176 Å². The molecular formula is C21H29N5O2S. The van der Waals surface area contributed by atoms with Crippen LogP contribution >= 0.6 is 11.3 Å². The van der Waals surface area contributed by atoms with Crippen molar-refractivity contribution in [3.63, 3.8) is 0 Å². The Bertz CT molecular complexity index is 826. The van der Waals surface area contributed by atoms with E-state index in [2.05, 4.69) is 25.9 Å². The molecule has 0 spiro atoms. The van der Waals surface area contributed by atoms with Crippen molar-refractivity contribution in [1.82, 2.24) is 20.1 Å². The van der Waals surface area contributed by atoms with Gasteiger partial charge in [-0.3, -0.25) is 9.69 Å². The Morgan fingerprint density at radius 2 is 1.83 bits per heavy atom. The number of hydrogen-bond donors (Lipinski definition) is 2. The number of aromatic nitrogens is 1. The lowest BCUT2D eigenvalue weighted by Crippen LogP contribution is -2.51. The standard InChI is InChI=1S/C21H29N5O2S/c1-15(2)20(27)24-18-6-4-17(5-7-18)12-22-21(28)26-10-8-25(9-11-26)13-19-14-29-16(3)23-19/h4-7,14-15H,8-13H2,1-3H3,(H,22,28)(H,24,27). The monoisotopic (exact) mass is 415 g/mol. The van der Waals surface area contributed by atoms with Gasteiger partial charge in [0.1, 0.15) is 0 Å². The van der Waals surface area contributed by atoms with Crippen LogP contribution in [0.2, 0.25) is 0 Å². The van der Waals surface area contributed by atoms with Crippen molar-refractivity contribution in [2.24, 2.45) is 5.92 Å². The third-order valence-electron chi connectivity index (χ3n) is 4.90. The van der Waals surface area contributed by atoms with Gasteiger partial charge in [-0.1, -0.05) is 26.0 Å². The Morgan fingerprint density at radius 3 is 2.41 bits per heavy atom. The number of nitrogens with one attached hydrogen (secondary N) is 2. The van der Waals surface area contributed by atoms with Crippen LogP contribution < -0.4 is 10.6 Å². The van der Waals surface area contributed by atoms with Crippen LogP contribution in [-0.4, -0.2) is 52.9 Å². The van der Waals surface area contributed by atoms with Gasteiger partial charge in [0.25, 0.3) is 0 Å².